The van der Waals surface area contributed by atoms with Crippen LogP contribution in [0.5, 0.6) is 0 Å². The van der Waals surface area contributed by atoms with E-state index in [1.165, 1.54) is 12.8 Å². The topological polar surface area (TPSA) is 34.2 Å². The maximum atomic E-state index is 5.76. The number of nitrogens with one attached hydrogen (secondary N) is 1. The molecule has 1 N–H and O–H groups in total. The number of ether oxygens (including phenoxy) is 1. The highest BCUT2D eigenvalue weighted by Gasteiger charge is 2.22. The monoisotopic (exact) mass is 234 g/mol. The maximum absolute atomic E-state index is 5.76. The molecule has 1 aromatic heterocycles. The molecule has 1 fully saturated rings. The summed E-state index contributed by atoms with van der Waals surface area (Å²) in [4.78, 5) is 4.31. The predicted octanol–water partition coefficient (Wildman–Crippen LogP) is 3.15. The molecule has 1 aromatic rings. The molecular formula is C14H22N2O. The van der Waals surface area contributed by atoms with Crippen LogP contribution in [-0.2, 0) is 4.74 Å². The molecule has 1 saturated heterocycles. The van der Waals surface area contributed by atoms with Crippen LogP contribution in [-0.4, -0.2) is 23.7 Å². The van der Waals surface area contributed by atoms with E-state index >= 15 is 0 Å². The number of anilines is 1. The Morgan fingerprint density at radius 1 is 1.53 bits per heavy atom. The van der Waals surface area contributed by atoms with Crippen LogP contribution in [0.1, 0.15) is 38.3 Å². The van der Waals surface area contributed by atoms with E-state index in [-0.39, 0.29) is 0 Å². The van der Waals surface area contributed by atoms with Gasteiger partial charge in [-0.25, -0.2) is 0 Å². The van der Waals surface area contributed by atoms with E-state index in [1.54, 1.807) is 0 Å². The molecule has 2 atom stereocenters. The van der Waals surface area contributed by atoms with Gasteiger partial charge in [-0.3, -0.25) is 4.98 Å². The molecule has 0 bridgehead atoms. The molecule has 0 spiro atoms. The highest BCUT2D eigenvalue weighted by molar-refractivity contribution is 5.47. The number of hydrogen-bond donors (Lipinski definition) is 1. The van der Waals surface area contributed by atoms with Crippen molar-refractivity contribution in [2.45, 2.75) is 51.7 Å². The third-order valence-corrected chi connectivity index (χ3v) is 3.34. The van der Waals surface area contributed by atoms with Gasteiger partial charge in [0.1, 0.15) is 0 Å². The molecule has 17 heavy (non-hydrogen) atoms. The van der Waals surface area contributed by atoms with Crippen molar-refractivity contribution in [1.82, 2.24) is 4.98 Å². The summed E-state index contributed by atoms with van der Waals surface area (Å²) < 4.78 is 5.76. The van der Waals surface area contributed by atoms with Crippen LogP contribution < -0.4 is 5.32 Å². The van der Waals surface area contributed by atoms with E-state index in [9.17, 15) is 0 Å². The van der Waals surface area contributed by atoms with Gasteiger partial charge in [-0.2, -0.15) is 0 Å². The lowest BCUT2D eigenvalue weighted by Crippen LogP contribution is -2.34. The normalized spacial score (nSPS) is 24.6. The smallest absolute Gasteiger partial charge is 0.0603 e. The first kappa shape index (κ1) is 12.4. The summed E-state index contributed by atoms with van der Waals surface area (Å²) in [6, 6.07) is 4.62. The minimum atomic E-state index is 0.434. The van der Waals surface area contributed by atoms with Crippen molar-refractivity contribution in [3.63, 3.8) is 0 Å². The largest absolute Gasteiger partial charge is 0.381 e. The van der Waals surface area contributed by atoms with Gasteiger partial charge in [-0.05, 0) is 38.3 Å². The van der Waals surface area contributed by atoms with Gasteiger partial charge < -0.3 is 10.1 Å². The molecule has 94 valence electrons. The molecular weight excluding hydrogens is 212 g/mol. The second-order valence-electron chi connectivity index (χ2n) is 4.78. The van der Waals surface area contributed by atoms with E-state index in [2.05, 4.69) is 23.3 Å². The van der Waals surface area contributed by atoms with Gasteiger partial charge in [0.15, 0.2) is 0 Å². The number of aryl methyl sites for hydroxylation is 1. The van der Waals surface area contributed by atoms with Crippen molar-refractivity contribution in [1.29, 1.82) is 0 Å². The number of nitrogens with zero attached hydrogens (tertiary/aromatic N) is 1. The molecule has 0 saturated carbocycles. The highest BCUT2D eigenvalue weighted by Crippen LogP contribution is 2.22. The summed E-state index contributed by atoms with van der Waals surface area (Å²) in [5.74, 6) is 0. The minimum absolute atomic E-state index is 0.434. The quantitative estimate of drug-likeness (QED) is 0.869. The van der Waals surface area contributed by atoms with Crippen molar-refractivity contribution in [3.05, 3.63) is 24.0 Å². The zero-order valence-electron chi connectivity index (χ0n) is 10.8. The van der Waals surface area contributed by atoms with Crippen molar-refractivity contribution in [2.24, 2.45) is 0 Å². The summed E-state index contributed by atoms with van der Waals surface area (Å²) >= 11 is 0. The Hall–Kier alpha value is -1.09. The van der Waals surface area contributed by atoms with Crippen LogP contribution in [0, 0.1) is 6.92 Å². The van der Waals surface area contributed by atoms with Crippen LogP contribution in [0.3, 0.4) is 0 Å². The van der Waals surface area contributed by atoms with Crippen LogP contribution in [0.2, 0.25) is 0 Å². The zero-order valence-corrected chi connectivity index (χ0v) is 10.8. The fraction of sp³-hybridized carbons (Fsp3) is 0.643. The lowest BCUT2D eigenvalue weighted by molar-refractivity contribution is 0.00596. The Kier molecular flexibility index (Phi) is 4.37. The number of hydrogen-bond acceptors (Lipinski definition) is 3. The van der Waals surface area contributed by atoms with Gasteiger partial charge in [-0.1, -0.05) is 13.3 Å². The number of rotatable bonds is 4. The van der Waals surface area contributed by atoms with Gasteiger partial charge in [0.25, 0.3) is 0 Å². The number of pyridine rings is 1. The molecule has 2 unspecified atom stereocenters. The summed E-state index contributed by atoms with van der Waals surface area (Å²) in [5.41, 5.74) is 2.24. The Labute approximate surface area is 104 Å². The van der Waals surface area contributed by atoms with Gasteiger partial charge in [0.2, 0.25) is 0 Å². The standard InChI is InChI=1S/C14H22N2O/c1-3-5-13-10-12(7-9-17-13)16-14-6-4-8-15-11(14)2/h4,6,8,12-13,16H,3,5,7,9-10H2,1-2H3. The van der Waals surface area contributed by atoms with E-state index in [0.29, 0.717) is 12.1 Å². The Bertz CT molecular complexity index is 352. The van der Waals surface area contributed by atoms with E-state index in [4.69, 9.17) is 4.74 Å². The van der Waals surface area contributed by atoms with Crippen molar-refractivity contribution in [3.8, 4) is 0 Å². The molecule has 0 amide bonds. The average Bonchev–Trinajstić information content (AvgIpc) is 2.33. The summed E-state index contributed by atoms with van der Waals surface area (Å²) in [5, 5.41) is 3.60. The SMILES string of the molecule is CCCC1CC(Nc2cccnc2C)CCO1. The van der Waals surface area contributed by atoms with Gasteiger partial charge in [0, 0.05) is 18.8 Å². The molecule has 0 radical (unpaired) electrons. The fourth-order valence-electron chi connectivity index (χ4n) is 2.39. The van der Waals surface area contributed by atoms with E-state index in [1.807, 2.05) is 19.2 Å². The Balaban J connectivity index is 1.92. The molecule has 2 heterocycles. The first-order chi connectivity index (χ1) is 8.29. The van der Waals surface area contributed by atoms with Crippen molar-refractivity contribution < 1.29 is 4.74 Å². The lowest BCUT2D eigenvalue weighted by Gasteiger charge is -2.31. The third kappa shape index (κ3) is 3.43. The van der Waals surface area contributed by atoms with Crippen LogP contribution in [0.15, 0.2) is 18.3 Å². The van der Waals surface area contributed by atoms with Gasteiger partial charge in [-0.15, -0.1) is 0 Å². The zero-order chi connectivity index (χ0) is 12.1. The van der Waals surface area contributed by atoms with Crippen LogP contribution in [0.4, 0.5) is 5.69 Å². The molecule has 3 nitrogen and oxygen atoms in total. The second kappa shape index (κ2) is 6.01. The van der Waals surface area contributed by atoms with Crippen molar-refractivity contribution >= 4 is 5.69 Å². The van der Waals surface area contributed by atoms with Crippen LogP contribution in [0.25, 0.3) is 0 Å². The first-order valence-electron chi connectivity index (χ1n) is 6.59. The summed E-state index contributed by atoms with van der Waals surface area (Å²) in [6.07, 6.45) is 6.84. The van der Waals surface area contributed by atoms with Crippen molar-refractivity contribution in [2.75, 3.05) is 11.9 Å². The Morgan fingerprint density at radius 2 is 2.41 bits per heavy atom. The molecule has 0 aromatic carbocycles. The molecule has 3 heteroatoms. The minimum Gasteiger partial charge on any atom is -0.381 e. The summed E-state index contributed by atoms with van der Waals surface area (Å²) in [6.45, 7) is 5.14. The molecule has 2 rings (SSSR count). The fourth-order valence-corrected chi connectivity index (χ4v) is 2.39. The van der Waals surface area contributed by atoms with Gasteiger partial charge >= 0.3 is 0 Å². The van der Waals surface area contributed by atoms with Crippen LogP contribution >= 0.6 is 0 Å². The predicted molar refractivity (Wildman–Crippen MR) is 70.3 cm³/mol. The first-order valence-corrected chi connectivity index (χ1v) is 6.59. The maximum Gasteiger partial charge on any atom is 0.0603 e. The average molecular weight is 234 g/mol. The van der Waals surface area contributed by atoms with E-state index < -0.39 is 0 Å². The molecule has 1 aliphatic rings. The Morgan fingerprint density at radius 3 is 3.18 bits per heavy atom. The molecule has 0 aliphatic carbocycles. The van der Waals surface area contributed by atoms with E-state index in [0.717, 1.165) is 30.8 Å². The number of aromatic nitrogens is 1. The van der Waals surface area contributed by atoms with Gasteiger partial charge in [0.05, 0.1) is 17.5 Å². The summed E-state index contributed by atoms with van der Waals surface area (Å²) in [7, 11) is 0. The lowest BCUT2D eigenvalue weighted by atomic mass is 10.00. The second-order valence-corrected chi connectivity index (χ2v) is 4.78. The molecule has 1 aliphatic heterocycles. The third-order valence-electron chi connectivity index (χ3n) is 3.34. The highest BCUT2D eigenvalue weighted by atomic mass is 16.5.